The van der Waals surface area contributed by atoms with Crippen molar-refractivity contribution in [2.45, 2.75) is 57.5 Å². The number of aromatic nitrogens is 2. The van der Waals surface area contributed by atoms with Gasteiger partial charge in [-0.05, 0) is 26.7 Å². The van der Waals surface area contributed by atoms with Gasteiger partial charge in [-0.1, -0.05) is 19.3 Å². The topological polar surface area (TPSA) is 82.2 Å². The first-order chi connectivity index (χ1) is 10.0. The van der Waals surface area contributed by atoms with E-state index in [-0.39, 0.29) is 18.3 Å². The van der Waals surface area contributed by atoms with Gasteiger partial charge in [-0.3, -0.25) is 9.48 Å². The predicted octanol–water partition coefficient (Wildman–Crippen LogP) is 1.83. The third-order valence-electron chi connectivity index (χ3n) is 4.01. The molecule has 0 radical (unpaired) electrons. The number of halogens is 1. The molecule has 1 saturated carbocycles. The number of hydrogen-bond donors (Lipinski definition) is 2. The summed E-state index contributed by atoms with van der Waals surface area (Å²) in [6.07, 6.45) is 9.18. The van der Waals surface area contributed by atoms with Gasteiger partial charge in [-0.15, -0.1) is 12.4 Å². The molecule has 1 fully saturated rings. The van der Waals surface area contributed by atoms with Crippen LogP contribution in [0.4, 0.5) is 0 Å². The Labute approximate surface area is 138 Å². The summed E-state index contributed by atoms with van der Waals surface area (Å²) >= 11 is 0. The normalized spacial score (nSPS) is 16.0. The summed E-state index contributed by atoms with van der Waals surface area (Å²) in [4.78, 5) is 12.5. The highest BCUT2D eigenvalue weighted by atomic mass is 35.5. The number of nitrogens with two attached hydrogens (primary N) is 1. The molecular formula is C15H27ClN4O2. The molecule has 0 aliphatic heterocycles. The number of carbonyl (C=O) groups is 1. The number of nitrogens with one attached hydrogen (secondary N) is 1. The zero-order valence-corrected chi connectivity index (χ0v) is 14.2. The standard InChI is InChI=1S/C15H26N4O2.ClH/c1-15(2,14(20)18-12-6-4-3-5-7-12)19-11-13(10-17-19)21-9-8-16;/h10-12H,3-9,16H2,1-2H3,(H,18,20);1H. The molecule has 126 valence electrons. The molecule has 0 saturated heterocycles. The molecule has 6 nitrogen and oxygen atoms in total. The first-order valence-electron chi connectivity index (χ1n) is 7.73. The Morgan fingerprint density at radius 1 is 1.45 bits per heavy atom. The lowest BCUT2D eigenvalue weighted by atomic mass is 9.94. The zero-order valence-electron chi connectivity index (χ0n) is 13.4. The fourth-order valence-electron chi connectivity index (χ4n) is 2.58. The van der Waals surface area contributed by atoms with Crippen molar-refractivity contribution in [1.82, 2.24) is 15.1 Å². The van der Waals surface area contributed by atoms with Gasteiger partial charge in [-0.25, -0.2) is 0 Å². The molecule has 0 bridgehead atoms. The fourth-order valence-corrected chi connectivity index (χ4v) is 2.58. The monoisotopic (exact) mass is 330 g/mol. The zero-order chi connectivity index (χ0) is 15.3. The molecule has 0 spiro atoms. The Hall–Kier alpha value is -1.27. The first kappa shape index (κ1) is 18.8. The van der Waals surface area contributed by atoms with E-state index in [2.05, 4.69) is 10.4 Å². The summed E-state index contributed by atoms with van der Waals surface area (Å²) in [6.45, 7) is 4.63. The van der Waals surface area contributed by atoms with Crippen LogP contribution in [0, 0.1) is 0 Å². The minimum Gasteiger partial charge on any atom is -0.489 e. The average Bonchev–Trinajstić information content (AvgIpc) is 2.95. The summed E-state index contributed by atoms with van der Waals surface area (Å²) in [5, 5.41) is 7.39. The largest absolute Gasteiger partial charge is 0.489 e. The van der Waals surface area contributed by atoms with E-state index in [1.807, 2.05) is 13.8 Å². The van der Waals surface area contributed by atoms with Gasteiger partial charge in [0.2, 0.25) is 5.91 Å². The van der Waals surface area contributed by atoms with Crippen LogP contribution >= 0.6 is 12.4 Å². The molecule has 1 aliphatic rings. The molecular weight excluding hydrogens is 304 g/mol. The van der Waals surface area contributed by atoms with Crippen LogP contribution in [0.3, 0.4) is 0 Å². The predicted molar refractivity (Wildman–Crippen MR) is 88.4 cm³/mol. The lowest BCUT2D eigenvalue weighted by Gasteiger charge is -2.29. The van der Waals surface area contributed by atoms with E-state index in [0.29, 0.717) is 24.9 Å². The Morgan fingerprint density at radius 3 is 2.77 bits per heavy atom. The van der Waals surface area contributed by atoms with E-state index < -0.39 is 5.54 Å². The SMILES string of the molecule is CC(C)(C(=O)NC1CCCCC1)n1cc(OCCN)cn1.Cl. The maximum atomic E-state index is 12.5. The Morgan fingerprint density at radius 2 is 2.14 bits per heavy atom. The van der Waals surface area contributed by atoms with Gasteiger partial charge >= 0.3 is 0 Å². The molecule has 2 rings (SSSR count). The number of carbonyl (C=O) groups excluding carboxylic acids is 1. The molecule has 3 N–H and O–H groups in total. The molecule has 22 heavy (non-hydrogen) atoms. The number of nitrogens with zero attached hydrogens (tertiary/aromatic N) is 2. The van der Waals surface area contributed by atoms with Crippen LogP contribution in [-0.4, -0.2) is 34.9 Å². The minimum atomic E-state index is -0.734. The molecule has 1 aromatic rings. The summed E-state index contributed by atoms with van der Waals surface area (Å²) < 4.78 is 7.07. The average molecular weight is 331 g/mol. The minimum absolute atomic E-state index is 0. The van der Waals surface area contributed by atoms with Crippen molar-refractivity contribution in [3.8, 4) is 5.75 Å². The van der Waals surface area contributed by atoms with Crippen molar-refractivity contribution in [3.63, 3.8) is 0 Å². The van der Waals surface area contributed by atoms with Crippen molar-refractivity contribution in [2.24, 2.45) is 5.73 Å². The van der Waals surface area contributed by atoms with Crippen LogP contribution in [-0.2, 0) is 10.3 Å². The number of amides is 1. The molecule has 0 atom stereocenters. The van der Waals surface area contributed by atoms with Crippen molar-refractivity contribution < 1.29 is 9.53 Å². The van der Waals surface area contributed by atoms with Crippen LogP contribution in [0.25, 0.3) is 0 Å². The van der Waals surface area contributed by atoms with E-state index in [0.717, 1.165) is 12.8 Å². The number of hydrogen-bond acceptors (Lipinski definition) is 4. The second-order valence-corrected chi connectivity index (χ2v) is 6.13. The lowest BCUT2D eigenvalue weighted by Crippen LogP contribution is -2.49. The van der Waals surface area contributed by atoms with E-state index in [9.17, 15) is 4.79 Å². The summed E-state index contributed by atoms with van der Waals surface area (Å²) in [6, 6.07) is 0.300. The van der Waals surface area contributed by atoms with Gasteiger partial charge in [0.1, 0.15) is 12.1 Å². The van der Waals surface area contributed by atoms with Crippen LogP contribution in [0.5, 0.6) is 5.75 Å². The highest BCUT2D eigenvalue weighted by molar-refractivity contribution is 5.85. The number of ether oxygens (including phenoxy) is 1. The van der Waals surface area contributed by atoms with E-state index >= 15 is 0 Å². The van der Waals surface area contributed by atoms with Crippen molar-refractivity contribution >= 4 is 18.3 Å². The smallest absolute Gasteiger partial charge is 0.247 e. The highest BCUT2D eigenvalue weighted by Gasteiger charge is 2.32. The molecule has 0 unspecified atom stereocenters. The number of rotatable bonds is 6. The van der Waals surface area contributed by atoms with Gasteiger partial charge in [-0.2, -0.15) is 5.10 Å². The molecule has 7 heteroatoms. The second-order valence-electron chi connectivity index (χ2n) is 6.13. The Balaban J connectivity index is 0.00000242. The summed E-state index contributed by atoms with van der Waals surface area (Å²) in [5.41, 5.74) is 4.67. The van der Waals surface area contributed by atoms with Crippen LogP contribution in [0.1, 0.15) is 46.0 Å². The first-order valence-corrected chi connectivity index (χ1v) is 7.73. The molecule has 0 aromatic carbocycles. The van der Waals surface area contributed by atoms with Gasteiger partial charge in [0, 0.05) is 12.6 Å². The van der Waals surface area contributed by atoms with Crippen molar-refractivity contribution in [3.05, 3.63) is 12.4 Å². The summed E-state index contributed by atoms with van der Waals surface area (Å²) in [5.74, 6) is 0.641. The molecule has 1 aliphatic carbocycles. The fraction of sp³-hybridized carbons (Fsp3) is 0.733. The Kier molecular flexibility index (Phi) is 7.16. The lowest BCUT2D eigenvalue weighted by molar-refractivity contribution is -0.129. The maximum absolute atomic E-state index is 12.5. The van der Waals surface area contributed by atoms with Crippen LogP contribution < -0.4 is 15.8 Å². The molecule has 1 aromatic heterocycles. The third-order valence-corrected chi connectivity index (χ3v) is 4.01. The maximum Gasteiger partial charge on any atom is 0.247 e. The van der Waals surface area contributed by atoms with E-state index in [1.165, 1.54) is 19.3 Å². The highest BCUT2D eigenvalue weighted by Crippen LogP contribution is 2.22. The summed E-state index contributed by atoms with van der Waals surface area (Å²) in [7, 11) is 0. The molecule has 1 heterocycles. The molecule has 1 amide bonds. The van der Waals surface area contributed by atoms with Crippen LogP contribution in [0.15, 0.2) is 12.4 Å². The Bertz CT molecular complexity index is 470. The van der Waals surface area contributed by atoms with Gasteiger partial charge < -0.3 is 15.8 Å². The van der Waals surface area contributed by atoms with Gasteiger partial charge in [0.25, 0.3) is 0 Å². The van der Waals surface area contributed by atoms with Gasteiger partial charge in [0.05, 0.1) is 12.4 Å². The van der Waals surface area contributed by atoms with E-state index in [4.69, 9.17) is 10.5 Å². The third kappa shape index (κ3) is 4.61. The van der Waals surface area contributed by atoms with E-state index in [1.54, 1.807) is 17.1 Å². The van der Waals surface area contributed by atoms with Crippen molar-refractivity contribution in [1.29, 1.82) is 0 Å². The second kappa shape index (κ2) is 8.39. The van der Waals surface area contributed by atoms with Crippen LogP contribution in [0.2, 0.25) is 0 Å². The van der Waals surface area contributed by atoms with Gasteiger partial charge in [0.15, 0.2) is 5.75 Å². The van der Waals surface area contributed by atoms with Crippen molar-refractivity contribution in [2.75, 3.05) is 13.2 Å². The quantitative estimate of drug-likeness (QED) is 0.833.